The Kier molecular flexibility index (Phi) is 5.19. The number of ether oxygens (including phenoxy) is 1. The first-order chi connectivity index (χ1) is 15.0. The summed E-state index contributed by atoms with van der Waals surface area (Å²) in [6.07, 6.45) is 0. The number of methoxy groups -OCH3 is 1. The molecule has 31 heavy (non-hydrogen) atoms. The number of carbonyl (C=O) groups is 2. The van der Waals surface area contributed by atoms with Crippen molar-refractivity contribution in [3.05, 3.63) is 100 Å². The van der Waals surface area contributed by atoms with Crippen LogP contribution in [0, 0.1) is 10.1 Å². The van der Waals surface area contributed by atoms with Crippen LogP contribution in [0.3, 0.4) is 0 Å². The molecule has 0 atom stereocenters. The van der Waals surface area contributed by atoms with Gasteiger partial charge in [0.15, 0.2) is 0 Å². The van der Waals surface area contributed by atoms with E-state index in [2.05, 4.69) is 5.32 Å². The molecule has 0 saturated carbocycles. The van der Waals surface area contributed by atoms with Gasteiger partial charge in [0.25, 0.3) is 17.5 Å². The molecule has 0 unspecified atom stereocenters. The lowest BCUT2D eigenvalue weighted by Crippen LogP contribution is -2.32. The fraction of sp³-hybridized carbons (Fsp3) is 0.0435. The predicted octanol–water partition coefficient (Wildman–Crippen LogP) is 4.00. The first-order valence-corrected chi connectivity index (χ1v) is 9.33. The second-order valence-corrected chi connectivity index (χ2v) is 6.69. The molecule has 0 fully saturated rings. The molecule has 1 aliphatic rings. The molecule has 1 heterocycles. The van der Waals surface area contributed by atoms with Crippen molar-refractivity contribution >= 4 is 34.4 Å². The zero-order valence-electron chi connectivity index (χ0n) is 16.4. The lowest BCUT2D eigenvalue weighted by molar-refractivity contribution is -0.384. The number of carbonyl (C=O) groups excluding carboxylic acids is 2. The fourth-order valence-corrected chi connectivity index (χ4v) is 3.29. The molecule has 8 nitrogen and oxygen atoms in total. The first kappa shape index (κ1) is 19.8. The van der Waals surface area contributed by atoms with Crippen molar-refractivity contribution in [3.63, 3.8) is 0 Å². The number of anilines is 2. The molecule has 2 amide bonds. The van der Waals surface area contributed by atoms with Crippen LogP contribution in [-0.2, 0) is 9.59 Å². The van der Waals surface area contributed by atoms with Gasteiger partial charge in [-0.1, -0.05) is 18.2 Å². The number of imide groups is 1. The van der Waals surface area contributed by atoms with Gasteiger partial charge in [0.05, 0.1) is 23.3 Å². The molecule has 4 rings (SSSR count). The molecule has 154 valence electrons. The largest absolute Gasteiger partial charge is 0.497 e. The van der Waals surface area contributed by atoms with Gasteiger partial charge in [0, 0.05) is 17.8 Å². The van der Waals surface area contributed by atoms with E-state index in [9.17, 15) is 19.7 Å². The van der Waals surface area contributed by atoms with Crippen molar-refractivity contribution in [1.29, 1.82) is 0 Å². The second-order valence-electron chi connectivity index (χ2n) is 6.69. The van der Waals surface area contributed by atoms with E-state index in [1.807, 2.05) is 6.07 Å². The summed E-state index contributed by atoms with van der Waals surface area (Å²) in [6, 6.07) is 21.1. The van der Waals surface area contributed by atoms with Crippen molar-refractivity contribution in [2.45, 2.75) is 0 Å². The Labute approximate surface area is 177 Å². The quantitative estimate of drug-likeness (QED) is 0.371. The van der Waals surface area contributed by atoms with Gasteiger partial charge >= 0.3 is 0 Å². The average molecular weight is 415 g/mol. The summed E-state index contributed by atoms with van der Waals surface area (Å²) in [7, 11) is 1.53. The van der Waals surface area contributed by atoms with Crippen molar-refractivity contribution in [2.24, 2.45) is 0 Å². The summed E-state index contributed by atoms with van der Waals surface area (Å²) in [5.41, 5.74) is 1.55. The third kappa shape index (κ3) is 3.74. The number of nitrogens with zero attached hydrogens (tertiary/aromatic N) is 2. The maximum Gasteiger partial charge on any atom is 0.282 e. The van der Waals surface area contributed by atoms with Crippen LogP contribution in [0.5, 0.6) is 5.75 Å². The van der Waals surface area contributed by atoms with Crippen LogP contribution in [-0.4, -0.2) is 23.8 Å². The number of rotatable bonds is 6. The molecule has 1 N–H and O–H groups in total. The minimum Gasteiger partial charge on any atom is -0.497 e. The van der Waals surface area contributed by atoms with Crippen LogP contribution in [0.2, 0.25) is 0 Å². The summed E-state index contributed by atoms with van der Waals surface area (Å²) in [4.78, 5) is 38.1. The summed E-state index contributed by atoms with van der Waals surface area (Å²) in [5.74, 6) is -0.455. The highest BCUT2D eigenvalue weighted by Crippen LogP contribution is 2.34. The standard InChI is InChI=1S/C23H17N3O5/c1-31-19-13-11-17(12-14-19)25-22(27)20(15-7-9-18(10-8-15)26(29)30)21(23(25)28)24-16-5-3-2-4-6-16/h2-14,24H,1H3. The zero-order valence-corrected chi connectivity index (χ0v) is 16.4. The number of hydrogen-bond donors (Lipinski definition) is 1. The SMILES string of the molecule is COc1ccc(N2C(=O)C(Nc3ccccc3)=C(c3ccc([N+](=O)[O-])cc3)C2=O)cc1. The molecule has 0 saturated heterocycles. The molecule has 0 aromatic heterocycles. The normalized spacial score (nSPS) is 13.5. The summed E-state index contributed by atoms with van der Waals surface area (Å²) < 4.78 is 5.14. The Balaban J connectivity index is 1.79. The van der Waals surface area contributed by atoms with E-state index in [0.717, 1.165) is 4.90 Å². The van der Waals surface area contributed by atoms with Gasteiger partial charge in [0.2, 0.25) is 0 Å². The maximum atomic E-state index is 13.3. The molecule has 0 radical (unpaired) electrons. The fourth-order valence-electron chi connectivity index (χ4n) is 3.29. The van der Waals surface area contributed by atoms with Crippen molar-refractivity contribution in [1.82, 2.24) is 0 Å². The third-order valence-electron chi connectivity index (χ3n) is 4.82. The summed E-state index contributed by atoms with van der Waals surface area (Å²) in [5, 5.41) is 14.0. The van der Waals surface area contributed by atoms with E-state index in [0.29, 0.717) is 22.7 Å². The molecule has 1 aliphatic heterocycles. The van der Waals surface area contributed by atoms with E-state index in [4.69, 9.17) is 4.74 Å². The molecular weight excluding hydrogens is 398 g/mol. The maximum absolute atomic E-state index is 13.3. The Bertz CT molecular complexity index is 1190. The third-order valence-corrected chi connectivity index (χ3v) is 4.82. The van der Waals surface area contributed by atoms with Crippen LogP contribution in [0.15, 0.2) is 84.6 Å². The van der Waals surface area contributed by atoms with Crippen LogP contribution in [0.25, 0.3) is 5.57 Å². The number of non-ortho nitro benzene ring substituents is 1. The van der Waals surface area contributed by atoms with Gasteiger partial charge in [0.1, 0.15) is 11.4 Å². The molecule has 8 heteroatoms. The van der Waals surface area contributed by atoms with Crippen LogP contribution in [0.1, 0.15) is 5.56 Å². The average Bonchev–Trinajstić information content (AvgIpc) is 3.04. The minimum absolute atomic E-state index is 0.0980. The predicted molar refractivity (Wildman–Crippen MR) is 116 cm³/mol. The van der Waals surface area contributed by atoms with Gasteiger partial charge in [-0.25, -0.2) is 4.90 Å². The summed E-state index contributed by atoms with van der Waals surface area (Å²) in [6.45, 7) is 0. The Morgan fingerprint density at radius 3 is 2.10 bits per heavy atom. The molecule has 0 aliphatic carbocycles. The van der Waals surface area contributed by atoms with Gasteiger partial charge in [-0.15, -0.1) is 0 Å². The highest BCUT2D eigenvalue weighted by molar-refractivity contribution is 6.46. The number of nitrogens with one attached hydrogen (secondary N) is 1. The topological polar surface area (TPSA) is 102 Å². The van der Waals surface area contributed by atoms with E-state index in [-0.39, 0.29) is 17.0 Å². The number of nitro benzene ring substituents is 1. The van der Waals surface area contributed by atoms with Gasteiger partial charge in [-0.05, 0) is 54.1 Å². The molecule has 3 aromatic rings. The van der Waals surface area contributed by atoms with E-state index < -0.39 is 16.7 Å². The number of nitro groups is 1. The monoisotopic (exact) mass is 415 g/mol. The number of hydrogen-bond acceptors (Lipinski definition) is 6. The molecule has 3 aromatic carbocycles. The molecule has 0 bridgehead atoms. The Morgan fingerprint density at radius 2 is 1.52 bits per heavy atom. The smallest absolute Gasteiger partial charge is 0.282 e. The highest BCUT2D eigenvalue weighted by Gasteiger charge is 2.40. The van der Waals surface area contributed by atoms with Crippen LogP contribution in [0.4, 0.5) is 17.1 Å². The van der Waals surface area contributed by atoms with E-state index >= 15 is 0 Å². The summed E-state index contributed by atoms with van der Waals surface area (Å²) >= 11 is 0. The minimum atomic E-state index is -0.526. The van der Waals surface area contributed by atoms with Crippen molar-refractivity contribution in [2.75, 3.05) is 17.3 Å². The second kappa shape index (κ2) is 8.11. The highest BCUT2D eigenvalue weighted by atomic mass is 16.6. The number of para-hydroxylation sites is 1. The number of benzene rings is 3. The zero-order chi connectivity index (χ0) is 22.0. The Hall–Kier alpha value is -4.46. The van der Waals surface area contributed by atoms with Crippen LogP contribution < -0.4 is 15.0 Å². The lowest BCUT2D eigenvalue weighted by Gasteiger charge is -2.15. The first-order valence-electron chi connectivity index (χ1n) is 9.33. The van der Waals surface area contributed by atoms with Gasteiger partial charge in [-0.2, -0.15) is 0 Å². The van der Waals surface area contributed by atoms with E-state index in [1.54, 1.807) is 48.5 Å². The van der Waals surface area contributed by atoms with Crippen LogP contribution >= 0.6 is 0 Å². The molecule has 0 spiro atoms. The Morgan fingerprint density at radius 1 is 0.871 bits per heavy atom. The van der Waals surface area contributed by atoms with Crippen molar-refractivity contribution < 1.29 is 19.2 Å². The van der Waals surface area contributed by atoms with E-state index in [1.165, 1.54) is 31.4 Å². The van der Waals surface area contributed by atoms with Crippen molar-refractivity contribution in [3.8, 4) is 5.75 Å². The van der Waals surface area contributed by atoms with Gasteiger partial charge in [-0.3, -0.25) is 19.7 Å². The number of amides is 2. The lowest BCUT2D eigenvalue weighted by atomic mass is 10.0. The van der Waals surface area contributed by atoms with Gasteiger partial charge < -0.3 is 10.1 Å². The molecular formula is C23H17N3O5.